The van der Waals surface area contributed by atoms with Gasteiger partial charge in [0.05, 0.1) is 12.0 Å². The first-order valence-electron chi connectivity index (χ1n) is 8.43. The molecule has 0 spiro atoms. The Kier molecular flexibility index (Phi) is 5.84. The first kappa shape index (κ1) is 18.2. The van der Waals surface area contributed by atoms with Crippen molar-refractivity contribution in [1.82, 2.24) is 0 Å². The Morgan fingerprint density at radius 1 is 0.963 bits per heavy atom. The highest BCUT2D eigenvalue weighted by Gasteiger charge is 2.11. The lowest BCUT2D eigenvalue weighted by Crippen LogP contribution is -1.96. The third-order valence-corrected chi connectivity index (χ3v) is 4.05. The Bertz CT molecular complexity index is 952. The number of nitro groups is 1. The molecule has 0 bridgehead atoms. The van der Waals surface area contributed by atoms with Crippen LogP contribution in [-0.2, 0) is 6.61 Å². The normalized spacial score (nSPS) is 10.7. The van der Waals surface area contributed by atoms with Gasteiger partial charge in [-0.25, -0.2) is 0 Å². The fraction of sp³-hybridized carbons (Fsp3) is 0.0909. The van der Waals surface area contributed by atoms with Gasteiger partial charge in [0.2, 0.25) is 6.20 Å². The predicted octanol–water partition coefficient (Wildman–Crippen LogP) is 5.19. The highest BCUT2D eigenvalue weighted by molar-refractivity contribution is 5.80. The molecule has 0 aromatic heterocycles. The zero-order chi connectivity index (χ0) is 19.1. The minimum atomic E-state index is -0.480. The number of rotatable bonds is 7. The predicted molar refractivity (Wildman–Crippen MR) is 105 cm³/mol. The molecule has 5 heteroatoms. The van der Waals surface area contributed by atoms with Gasteiger partial charge < -0.3 is 9.47 Å². The summed E-state index contributed by atoms with van der Waals surface area (Å²) < 4.78 is 11.4. The molecule has 0 saturated carbocycles. The Balaban J connectivity index is 1.97. The summed E-state index contributed by atoms with van der Waals surface area (Å²) in [5, 5.41) is 10.7. The number of hydrogen-bond donors (Lipinski definition) is 0. The maximum Gasteiger partial charge on any atom is 0.235 e. The number of nitrogens with zero attached hydrogens (tertiary/aromatic N) is 1. The zero-order valence-electron chi connectivity index (χ0n) is 14.9. The van der Waals surface area contributed by atoms with Gasteiger partial charge in [0.1, 0.15) is 18.1 Å². The molecule has 0 aliphatic heterocycles. The van der Waals surface area contributed by atoms with Gasteiger partial charge in [0.25, 0.3) is 0 Å². The number of methoxy groups -OCH3 is 1. The van der Waals surface area contributed by atoms with E-state index < -0.39 is 4.92 Å². The molecule has 0 saturated heterocycles. The lowest BCUT2D eigenvalue weighted by atomic mass is 9.98. The summed E-state index contributed by atoms with van der Waals surface area (Å²) in [5.41, 5.74) is 3.42. The molecule has 3 rings (SSSR count). The van der Waals surface area contributed by atoms with Gasteiger partial charge in [0, 0.05) is 11.6 Å². The van der Waals surface area contributed by atoms with Gasteiger partial charge in [-0.3, -0.25) is 10.1 Å². The van der Waals surface area contributed by atoms with Crippen molar-refractivity contribution in [2.24, 2.45) is 0 Å². The topological polar surface area (TPSA) is 61.6 Å². The fourth-order valence-corrected chi connectivity index (χ4v) is 2.75. The SMILES string of the molecule is COc1ccccc1-c1cc(OCc2ccccc2)ccc1C=C[N+](=O)[O-]. The van der Waals surface area contributed by atoms with Gasteiger partial charge >= 0.3 is 0 Å². The van der Waals surface area contributed by atoms with Crippen molar-refractivity contribution in [2.75, 3.05) is 7.11 Å². The monoisotopic (exact) mass is 361 g/mol. The standard InChI is InChI=1S/C22H19NO4/c1-26-22-10-6-5-9-20(22)21-15-19(12-11-18(21)13-14-23(24)25)27-16-17-7-3-2-4-8-17/h2-15H,16H2,1H3. The quantitative estimate of drug-likeness (QED) is 0.429. The van der Waals surface area contributed by atoms with E-state index in [2.05, 4.69) is 0 Å². The van der Waals surface area contributed by atoms with Gasteiger partial charge in [-0.15, -0.1) is 0 Å². The van der Waals surface area contributed by atoms with E-state index in [1.807, 2.05) is 72.8 Å². The molecular weight excluding hydrogens is 342 g/mol. The van der Waals surface area contributed by atoms with E-state index in [-0.39, 0.29) is 0 Å². The van der Waals surface area contributed by atoms with Crippen molar-refractivity contribution in [3.63, 3.8) is 0 Å². The number of para-hydroxylation sites is 1. The number of hydrogen-bond acceptors (Lipinski definition) is 4. The van der Waals surface area contributed by atoms with Gasteiger partial charge in [0.15, 0.2) is 0 Å². The summed E-state index contributed by atoms with van der Waals surface area (Å²) in [5.74, 6) is 1.37. The molecule has 0 radical (unpaired) electrons. The van der Waals surface area contributed by atoms with Crippen molar-refractivity contribution in [3.8, 4) is 22.6 Å². The Morgan fingerprint density at radius 2 is 1.70 bits per heavy atom. The van der Waals surface area contributed by atoms with Crippen LogP contribution >= 0.6 is 0 Å². The largest absolute Gasteiger partial charge is 0.496 e. The third kappa shape index (κ3) is 4.73. The molecule has 136 valence electrons. The van der Waals surface area contributed by atoms with Crippen LogP contribution < -0.4 is 9.47 Å². The van der Waals surface area contributed by atoms with E-state index in [9.17, 15) is 10.1 Å². The summed E-state index contributed by atoms with van der Waals surface area (Å²) >= 11 is 0. The van der Waals surface area contributed by atoms with Crippen LogP contribution in [0.1, 0.15) is 11.1 Å². The molecular formula is C22H19NO4. The smallest absolute Gasteiger partial charge is 0.235 e. The van der Waals surface area contributed by atoms with Crippen molar-refractivity contribution in [1.29, 1.82) is 0 Å². The summed E-state index contributed by atoms with van der Waals surface area (Å²) in [6.07, 6.45) is 2.40. The first-order chi connectivity index (χ1) is 13.2. The van der Waals surface area contributed by atoms with E-state index in [0.717, 1.165) is 22.9 Å². The molecule has 0 fully saturated rings. The highest BCUT2D eigenvalue weighted by Crippen LogP contribution is 2.35. The van der Waals surface area contributed by atoms with Crippen LogP contribution in [-0.4, -0.2) is 12.0 Å². The maximum atomic E-state index is 10.7. The molecule has 0 aliphatic rings. The van der Waals surface area contributed by atoms with Crippen LogP contribution in [0, 0.1) is 10.1 Å². The molecule has 3 aromatic carbocycles. The minimum absolute atomic E-state index is 0.441. The van der Waals surface area contributed by atoms with E-state index in [1.54, 1.807) is 7.11 Å². The number of ether oxygens (including phenoxy) is 2. The lowest BCUT2D eigenvalue weighted by molar-refractivity contribution is -0.400. The third-order valence-electron chi connectivity index (χ3n) is 4.05. The highest BCUT2D eigenvalue weighted by atomic mass is 16.6. The zero-order valence-corrected chi connectivity index (χ0v) is 14.9. The van der Waals surface area contributed by atoms with Gasteiger partial charge in [-0.1, -0.05) is 54.6 Å². The minimum Gasteiger partial charge on any atom is -0.496 e. The van der Waals surface area contributed by atoms with E-state index in [1.165, 1.54) is 6.08 Å². The second-order valence-electron chi connectivity index (χ2n) is 5.82. The van der Waals surface area contributed by atoms with E-state index in [4.69, 9.17) is 9.47 Å². The summed E-state index contributed by atoms with van der Waals surface area (Å²) in [4.78, 5) is 10.3. The number of benzene rings is 3. The summed E-state index contributed by atoms with van der Waals surface area (Å²) in [6.45, 7) is 0.441. The molecule has 0 unspecified atom stereocenters. The first-order valence-corrected chi connectivity index (χ1v) is 8.43. The molecule has 5 nitrogen and oxygen atoms in total. The fourth-order valence-electron chi connectivity index (χ4n) is 2.75. The van der Waals surface area contributed by atoms with Gasteiger partial charge in [-0.05, 0) is 34.9 Å². The average molecular weight is 361 g/mol. The van der Waals surface area contributed by atoms with Crippen LogP contribution in [0.2, 0.25) is 0 Å². The van der Waals surface area contributed by atoms with Crippen LogP contribution in [0.4, 0.5) is 0 Å². The molecule has 0 amide bonds. The Morgan fingerprint density at radius 3 is 2.44 bits per heavy atom. The molecule has 27 heavy (non-hydrogen) atoms. The van der Waals surface area contributed by atoms with E-state index in [0.29, 0.717) is 23.7 Å². The molecule has 0 atom stereocenters. The van der Waals surface area contributed by atoms with Crippen LogP contribution in [0.15, 0.2) is 79.0 Å². The maximum absolute atomic E-state index is 10.7. The van der Waals surface area contributed by atoms with Crippen molar-refractivity contribution >= 4 is 6.08 Å². The second-order valence-corrected chi connectivity index (χ2v) is 5.82. The van der Waals surface area contributed by atoms with Crippen LogP contribution in [0.3, 0.4) is 0 Å². The van der Waals surface area contributed by atoms with Crippen molar-refractivity contribution in [3.05, 3.63) is 100 Å². The Labute approximate surface area is 157 Å². The van der Waals surface area contributed by atoms with Gasteiger partial charge in [-0.2, -0.15) is 0 Å². The molecule has 3 aromatic rings. The molecule has 0 N–H and O–H groups in total. The second kappa shape index (κ2) is 8.67. The van der Waals surface area contributed by atoms with Crippen molar-refractivity contribution in [2.45, 2.75) is 6.61 Å². The van der Waals surface area contributed by atoms with Crippen LogP contribution in [0.5, 0.6) is 11.5 Å². The van der Waals surface area contributed by atoms with Crippen molar-refractivity contribution < 1.29 is 14.4 Å². The summed E-state index contributed by atoms with van der Waals surface area (Å²) in [6, 6.07) is 22.9. The lowest BCUT2D eigenvalue weighted by Gasteiger charge is -2.13. The summed E-state index contributed by atoms with van der Waals surface area (Å²) in [7, 11) is 1.60. The average Bonchev–Trinajstić information content (AvgIpc) is 2.71. The van der Waals surface area contributed by atoms with Crippen LogP contribution in [0.25, 0.3) is 17.2 Å². The Hall–Kier alpha value is -3.60. The molecule has 0 aliphatic carbocycles. The molecule has 0 heterocycles. The van der Waals surface area contributed by atoms with E-state index >= 15 is 0 Å².